The average Bonchev–Trinajstić information content (AvgIpc) is 2.79. The van der Waals surface area contributed by atoms with Crippen LogP contribution in [-0.4, -0.2) is 51.0 Å². The van der Waals surface area contributed by atoms with Crippen LogP contribution < -0.4 is 9.62 Å². The quantitative estimate of drug-likeness (QED) is 0.446. The molecule has 0 fully saturated rings. The van der Waals surface area contributed by atoms with E-state index in [1.165, 1.54) is 16.3 Å². The first-order valence-corrected chi connectivity index (χ1v) is 14.0. The summed E-state index contributed by atoms with van der Waals surface area (Å²) >= 11 is 12.3. The van der Waals surface area contributed by atoms with Crippen molar-refractivity contribution in [3.63, 3.8) is 0 Å². The number of benzene rings is 2. The van der Waals surface area contributed by atoms with Gasteiger partial charge in [-0.05, 0) is 61.6 Å². The number of sulfonamides is 1. The number of aryl methyl sites for hydroxylation is 1. The van der Waals surface area contributed by atoms with E-state index in [0.717, 1.165) is 17.4 Å². The zero-order valence-electron chi connectivity index (χ0n) is 20.8. The van der Waals surface area contributed by atoms with Crippen molar-refractivity contribution < 1.29 is 18.0 Å². The molecule has 1 N–H and O–H groups in total. The number of carbonyl (C=O) groups excluding carboxylic acids is 2. The Hall–Kier alpha value is -2.29. The number of amides is 2. The minimum Gasteiger partial charge on any atom is -0.357 e. The SMILES string of the molecule is CCC(C(=O)NC)N(Cc1ccc(Cl)cc1Cl)C(=O)CCCN(c1cccc(C)c1C)S(C)(=O)=O. The van der Waals surface area contributed by atoms with E-state index in [9.17, 15) is 18.0 Å². The van der Waals surface area contributed by atoms with Crippen molar-refractivity contribution in [2.45, 2.75) is 52.6 Å². The first kappa shape index (κ1) is 28.9. The summed E-state index contributed by atoms with van der Waals surface area (Å²) in [7, 11) is -2.03. The van der Waals surface area contributed by atoms with Crippen molar-refractivity contribution in [1.82, 2.24) is 10.2 Å². The zero-order valence-corrected chi connectivity index (χ0v) is 23.1. The molecule has 0 aromatic heterocycles. The van der Waals surface area contributed by atoms with E-state index >= 15 is 0 Å². The second-order valence-corrected chi connectivity index (χ2v) is 11.2. The molecule has 0 saturated heterocycles. The Labute approximate surface area is 218 Å². The largest absolute Gasteiger partial charge is 0.357 e. The third-order valence-corrected chi connectivity index (χ3v) is 7.75. The lowest BCUT2D eigenvalue weighted by atomic mass is 10.1. The highest BCUT2D eigenvalue weighted by Gasteiger charge is 2.29. The van der Waals surface area contributed by atoms with Gasteiger partial charge in [-0.2, -0.15) is 0 Å². The van der Waals surface area contributed by atoms with Crippen LogP contribution >= 0.6 is 23.2 Å². The molecule has 2 aromatic rings. The first-order valence-electron chi connectivity index (χ1n) is 11.4. The Morgan fingerprint density at radius 1 is 1.11 bits per heavy atom. The maximum Gasteiger partial charge on any atom is 0.242 e. The number of carbonyl (C=O) groups is 2. The van der Waals surface area contributed by atoms with Crippen LogP contribution in [0.5, 0.6) is 0 Å². The maximum atomic E-state index is 13.3. The van der Waals surface area contributed by atoms with Crippen LogP contribution in [0, 0.1) is 13.8 Å². The van der Waals surface area contributed by atoms with Crippen LogP contribution in [0.1, 0.15) is 42.9 Å². The summed E-state index contributed by atoms with van der Waals surface area (Å²) in [6, 6.07) is 9.81. The molecule has 0 radical (unpaired) electrons. The number of rotatable bonds is 11. The molecule has 0 aliphatic rings. The maximum absolute atomic E-state index is 13.3. The van der Waals surface area contributed by atoms with Crippen molar-refractivity contribution in [2.75, 3.05) is 24.2 Å². The molecule has 0 heterocycles. The topological polar surface area (TPSA) is 86.8 Å². The van der Waals surface area contributed by atoms with Gasteiger partial charge < -0.3 is 10.2 Å². The smallest absolute Gasteiger partial charge is 0.242 e. The Morgan fingerprint density at radius 2 is 1.80 bits per heavy atom. The predicted molar refractivity (Wildman–Crippen MR) is 142 cm³/mol. The van der Waals surface area contributed by atoms with Gasteiger partial charge in [-0.3, -0.25) is 13.9 Å². The van der Waals surface area contributed by atoms with Crippen LogP contribution in [0.3, 0.4) is 0 Å². The van der Waals surface area contributed by atoms with E-state index in [1.807, 2.05) is 32.9 Å². The molecule has 35 heavy (non-hydrogen) atoms. The highest BCUT2D eigenvalue weighted by atomic mass is 35.5. The standard InChI is InChI=1S/C25H33Cl2N3O4S/c1-6-22(25(32)28-4)29(16-19-12-13-20(26)15-21(19)27)24(31)11-8-14-30(35(5,33)34)23-10-7-9-17(2)18(23)3/h7,9-10,12-13,15,22H,6,8,11,14,16H2,1-5H3,(H,28,32). The van der Waals surface area contributed by atoms with Crippen molar-refractivity contribution >= 4 is 50.7 Å². The summed E-state index contributed by atoms with van der Waals surface area (Å²) < 4.78 is 26.4. The Kier molecular flexibility index (Phi) is 10.4. The fraction of sp³-hybridized carbons (Fsp3) is 0.440. The van der Waals surface area contributed by atoms with E-state index in [1.54, 1.807) is 24.3 Å². The lowest BCUT2D eigenvalue weighted by Gasteiger charge is -2.31. The second-order valence-electron chi connectivity index (χ2n) is 8.45. The van der Waals surface area contributed by atoms with E-state index in [0.29, 0.717) is 27.7 Å². The third-order valence-electron chi connectivity index (χ3n) is 5.99. The van der Waals surface area contributed by atoms with Crippen LogP contribution in [0.4, 0.5) is 5.69 Å². The zero-order chi connectivity index (χ0) is 26.3. The van der Waals surface area contributed by atoms with Gasteiger partial charge in [0.2, 0.25) is 21.8 Å². The van der Waals surface area contributed by atoms with Crippen LogP contribution in [0.25, 0.3) is 0 Å². The summed E-state index contributed by atoms with van der Waals surface area (Å²) in [5.41, 5.74) is 3.12. The van der Waals surface area contributed by atoms with Crippen molar-refractivity contribution in [3.8, 4) is 0 Å². The molecule has 2 rings (SSSR count). The first-order chi connectivity index (χ1) is 16.4. The van der Waals surface area contributed by atoms with E-state index < -0.39 is 16.1 Å². The average molecular weight is 543 g/mol. The number of hydrogen-bond donors (Lipinski definition) is 1. The molecule has 0 spiro atoms. The number of nitrogens with zero attached hydrogens (tertiary/aromatic N) is 2. The molecular formula is C25H33Cl2N3O4S. The molecule has 2 amide bonds. The molecule has 1 unspecified atom stereocenters. The Morgan fingerprint density at radius 3 is 2.37 bits per heavy atom. The lowest BCUT2D eigenvalue weighted by Crippen LogP contribution is -2.48. The number of halogens is 2. The Balaban J connectivity index is 2.26. The van der Waals surface area contributed by atoms with Crippen LogP contribution in [0.2, 0.25) is 10.0 Å². The summed E-state index contributed by atoms with van der Waals surface area (Å²) in [5, 5.41) is 3.49. The van der Waals surface area contributed by atoms with Crippen molar-refractivity contribution in [2.24, 2.45) is 0 Å². The van der Waals surface area contributed by atoms with Gasteiger partial charge in [0.05, 0.1) is 11.9 Å². The van der Waals surface area contributed by atoms with Gasteiger partial charge >= 0.3 is 0 Å². The third kappa shape index (κ3) is 7.59. The fourth-order valence-corrected chi connectivity index (χ4v) is 5.39. The van der Waals surface area contributed by atoms with Gasteiger partial charge in [-0.1, -0.05) is 48.3 Å². The number of nitrogens with one attached hydrogen (secondary N) is 1. The highest BCUT2D eigenvalue weighted by molar-refractivity contribution is 7.92. The van der Waals surface area contributed by atoms with Crippen molar-refractivity contribution in [3.05, 3.63) is 63.1 Å². The molecule has 7 nitrogen and oxygen atoms in total. The van der Waals surface area contributed by atoms with E-state index in [-0.39, 0.29) is 37.7 Å². The second kappa shape index (κ2) is 12.6. The summed E-state index contributed by atoms with van der Waals surface area (Å²) in [4.78, 5) is 27.4. The van der Waals surface area contributed by atoms with Gasteiger partial charge in [0.1, 0.15) is 6.04 Å². The highest BCUT2D eigenvalue weighted by Crippen LogP contribution is 2.26. The number of hydrogen-bond acceptors (Lipinski definition) is 4. The summed E-state index contributed by atoms with van der Waals surface area (Å²) in [5.74, 6) is -0.542. The summed E-state index contributed by atoms with van der Waals surface area (Å²) in [6.07, 6.45) is 1.92. The van der Waals surface area contributed by atoms with Crippen LogP contribution in [0.15, 0.2) is 36.4 Å². The molecule has 1 atom stereocenters. The van der Waals surface area contributed by atoms with Gasteiger partial charge in [0, 0.05) is 36.6 Å². The van der Waals surface area contributed by atoms with E-state index in [2.05, 4.69) is 5.32 Å². The van der Waals surface area contributed by atoms with E-state index in [4.69, 9.17) is 23.2 Å². The molecule has 0 aliphatic carbocycles. The van der Waals surface area contributed by atoms with Gasteiger partial charge in [0.15, 0.2) is 0 Å². The molecule has 0 bridgehead atoms. The number of likely N-dealkylation sites (N-methyl/N-ethyl adjacent to an activating group) is 1. The van der Waals surface area contributed by atoms with Gasteiger partial charge in [-0.25, -0.2) is 8.42 Å². The molecule has 0 saturated carbocycles. The Bertz CT molecular complexity index is 1170. The molecule has 10 heteroatoms. The molecule has 0 aliphatic heterocycles. The normalized spacial score (nSPS) is 12.2. The summed E-state index contributed by atoms with van der Waals surface area (Å²) in [6.45, 7) is 5.90. The fourth-order valence-electron chi connectivity index (χ4n) is 3.91. The van der Waals surface area contributed by atoms with Gasteiger partial charge in [-0.15, -0.1) is 0 Å². The van der Waals surface area contributed by atoms with Crippen molar-refractivity contribution in [1.29, 1.82) is 0 Å². The predicted octanol–water partition coefficient (Wildman–Crippen LogP) is 4.71. The van der Waals surface area contributed by atoms with Gasteiger partial charge in [0.25, 0.3) is 0 Å². The lowest BCUT2D eigenvalue weighted by molar-refractivity contribution is -0.141. The minimum absolute atomic E-state index is 0.0651. The number of anilines is 1. The molecule has 192 valence electrons. The monoisotopic (exact) mass is 541 g/mol. The molecular weight excluding hydrogens is 509 g/mol. The van der Waals surface area contributed by atoms with Crippen LogP contribution in [-0.2, 0) is 26.2 Å². The minimum atomic E-state index is -3.56. The molecule has 2 aromatic carbocycles.